The minimum absolute atomic E-state index is 0.0236. The Hall–Kier alpha value is -3.60. The third kappa shape index (κ3) is 7.09. The van der Waals surface area contributed by atoms with Crippen molar-refractivity contribution >= 4 is 11.6 Å². The van der Waals surface area contributed by atoms with Gasteiger partial charge in [0.05, 0.1) is 18.4 Å². The first-order valence-corrected chi connectivity index (χ1v) is 9.48. The second kappa shape index (κ2) is 12.1. The highest BCUT2D eigenvalue weighted by Gasteiger charge is 2.25. The second-order valence-corrected chi connectivity index (χ2v) is 6.56. The predicted octanol–water partition coefficient (Wildman–Crippen LogP) is 1.77. The van der Waals surface area contributed by atoms with Gasteiger partial charge in [-0.3, -0.25) is 15.6 Å². The number of ether oxygens (including phenoxy) is 1. The zero-order chi connectivity index (χ0) is 21.8. The number of terminal acetylenes is 1. The molecule has 1 aliphatic rings. The summed E-state index contributed by atoms with van der Waals surface area (Å²) in [7, 11) is 0. The molecule has 3 rings (SSSR count). The van der Waals surface area contributed by atoms with Crippen molar-refractivity contribution in [3.63, 3.8) is 0 Å². The number of likely N-dealkylation sites (tertiary alicyclic amines) is 1. The highest BCUT2D eigenvalue weighted by Crippen LogP contribution is 2.15. The molecule has 2 aromatic rings. The number of rotatable bonds is 6. The molecule has 156 valence electrons. The number of nitrogens with zero attached hydrogens (tertiary/aromatic N) is 2. The van der Waals surface area contributed by atoms with Gasteiger partial charge in [0.25, 0.3) is 0 Å². The molecule has 0 bridgehead atoms. The van der Waals surface area contributed by atoms with Crippen LogP contribution in [-0.4, -0.2) is 35.0 Å². The largest absolute Gasteiger partial charge is 0.397 e. The first kappa shape index (κ1) is 22.7. The number of carbonyl (C=O) groups excluding carboxylic acids is 1. The number of pyridine rings is 1. The van der Waals surface area contributed by atoms with Crippen LogP contribution in [0.3, 0.4) is 0 Å². The van der Waals surface area contributed by atoms with Crippen molar-refractivity contribution in [3.05, 3.63) is 84.3 Å². The molecule has 7 heteroatoms. The third-order valence-electron chi connectivity index (χ3n) is 4.47. The van der Waals surface area contributed by atoms with Crippen molar-refractivity contribution in [1.82, 2.24) is 15.3 Å². The Balaban J connectivity index is 0.000000248. The standard InChI is InChI=1S/C16H17NO2.C7H10N4/c1-3-13-5-7-14(8-6-13)12-19-15-9-10-17(11-15)16(18)4-2;8-7(5-11-9)6-2-1-3-10-4-6/h1,4-8,15H,2,9-12H2;1-5,11H,8-9H2/b;7-5-. The topological polar surface area (TPSA) is 106 Å². The number of hydrogen-bond donors (Lipinski definition) is 3. The Morgan fingerprint density at radius 1 is 1.40 bits per heavy atom. The summed E-state index contributed by atoms with van der Waals surface area (Å²) in [6.07, 6.45) is 12.5. The molecule has 0 radical (unpaired) electrons. The molecule has 0 aliphatic carbocycles. The van der Waals surface area contributed by atoms with E-state index in [0.717, 1.165) is 29.7 Å². The number of hydrazine groups is 1. The normalized spacial score (nSPS) is 15.5. The van der Waals surface area contributed by atoms with E-state index in [2.05, 4.69) is 22.9 Å². The number of carbonyl (C=O) groups is 1. The molecule has 30 heavy (non-hydrogen) atoms. The summed E-state index contributed by atoms with van der Waals surface area (Å²) in [5.74, 6) is 7.60. The Labute approximate surface area is 177 Å². The van der Waals surface area contributed by atoms with E-state index < -0.39 is 0 Å². The van der Waals surface area contributed by atoms with Crippen LogP contribution in [0.2, 0.25) is 0 Å². The molecular formula is C23H27N5O2. The number of nitrogens with two attached hydrogens (primary N) is 2. The summed E-state index contributed by atoms with van der Waals surface area (Å²) in [6.45, 7) is 5.43. The Bertz CT molecular complexity index is 888. The first-order valence-electron chi connectivity index (χ1n) is 9.48. The van der Waals surface area contributed by atoms with E-state index in [1.165, 1.54) is 12.3 Å². The molecule has 0 spiro atoms. The summed E-state index contributed by atoms with van der Waals surface area (Å²) in [6, 6.07) is 11.4. The van der Waals surface area contributed by atoms with Crippen LogP contribution in [-0.2, 0) is 16.1 Å². The van der Waals surface area contributed by atoms with Crippen LogP contribution < -0.4 is 17.0 Å². The second-order valence-electron chi connectivity index (χ2n) is 6.56. The number of nitrogens with one attached hydrogen (secondary N) is 1. The van der Waals surface area contributed by atoms with Crippen LogP contribution in [0.1, 0.15) is 23.1 Å². The minimum Gasteiger partial charge on any atom is -0.397 e. The van der Waals surface area contributed by atoms with Gasteiger partial charge >= 0.3 is 0 Å². The van der Waals surface area contributed by atoms with Crippen molar-refractivity contribution < 1.29 is 9.53 Å². The maximum atomic E-state index is 11.4. The van der Waals surface area contributed by atoms with Gasteiger partial charge in [0.15, 0.2) is 0 Å². The zero-order valence-corrected chi connectivity index (χ0v) is 16.8. The third-order valence-corrected chi connectivity index (χ3v) is 4.47. The van der Waals surface area contributed by atoms with E-state index in [-0.39, 0.29) is 12.0 Å². The number of benzene rings is 1. The Morgan fingerprint density at radius 3 is 2.77 bits per heavy atom. The number of hydrogen-bond acceptors (Lipinski definition) is 6. The van der Waals surface area contributed by atoms with Gasteiger partial charge in [0, 0.05) is 42.8 Å². The van der Waals surface area contributed by atoms with E-state index in [0.29, 0.717) is 18.8 Å². The zero-order valence-electron chi connectivity index (χ0n) is 16.8. The van der Waals surface area contributed by atoms with E-state index in [4.69, 9.17) is 22.7 Å². The SMILES string of the molecule is C#Cc1ccc(COC2CCN(C(=O)C=C)C2)cc1.NN/C=C(\N)c1cccnc1. The molecule has 1 fully saturated rings. The molecule has 1 unspecified atom stereocenters. The highest BCUT2D eigenvalue weighted by molar-refractivity contribution is 5.87. The quantitative estimate of drug-likeness (QED) is 0.293. The van der Waals surface area contributed by atoms with Crippen LogP contribution in [0.15, 0.2) is 67.6 Å². The van der Waals surface area contributed by atoms with Gasteiger partial charge in [-0.2, -0.15) is 0 Å². The van der Waals surface area contributed by atoms with Crippen LogP contribution in [0.5, 0.6) is 0 Å². The maximum Gasteiger partial charge on any atom is 0.246 e. The van der Waals surface area contributed by atoms with Gasteiger partial charge < -0.3 is 20.8 Å². The average molecular weight is 406 g/mol. The fourth-order valence-electron chi connectivity index (χ4n) is 2.81. The average Bonchev–Trinajstić information content (AvgIpc) is 3.28. The molecule has 1 aromatic heterocycles. The number of aromatic nitrogens is 1. The summed E-state index contributed by atoms with van der Waals surface area (Å²) >= 11 is 0. The summed E-state index contributed by atoms with van der Waals surface area (Å²) < 4.78 is 5.81. The molecule has 1 amide bonds. The maximum absolute atomic E-state index is 11.4. The van der Waals surface area contributed by atoms with E-state index >= 15 is 0 Å². The Morgan fingerprint density at radius 2 is 2.17 bits per heavy atom. The van der Waals surface area contributed by atoms with Gasteiger partial charge in [-0.1, -0.05) is 24.6 Å². The van der Waals surface area contributed by atoms with Gasteiger partial charge in [-0.05, 0) is 42.3 Å². The summed E-state index contributed by atoms with van der Waals surface area (Å²) in [5.41, 5.74) is 11.3. The molecular weight excluding hydrogens is 378 g/mol. The van der Waals surface area contributed by atoms with Crippen molar-refractivity contribution in [2.45, 2.75) is 19.1 Å². The lowest BCUT2D eigenvalue weighted by molar-refractivity contribution is -0.125. The molecule has 2 heterocycles. The lowest BCUT2D eigenvalue weighted by atomic mass is 10.1. The van der Waals surface area contributed by atoms with Gasteiger partial charge in [-0.15, -0.1) is 6.42 Å². The smallest absolute Gasteiger partial charge is 0.246 e. The van der Waals surface area contributed by atoms with Gasteiger partial charge in [0.2, 0.25) is 5.91 Å². The minimum atomic E-state index is -0.0236. The highest BCUT2D eigenvalue weighted by atomic mass is 16.5. The molecule has 5 N–H and O–H groups in total. The van der Waals surface area contributed by atoms with E-state index in [1.807, 2.05) is 36.4 Å². The summed E-state index contributed by atoms with van der Waals surface area (Å²) in [5, 5.41) is 0. The first-order chi connectivity index (χ1) is 14.6. The van der Waals surface area contributed by atoms with Crippen molar-refractivity contribution in [1.29, 1.82) is 0 Å². The summed E-state index contributed by atoms with van der Waals surface area (Å²) in [4.78, 5) is 17.1. The van der Waals surface area contributed by atoms with Crippen LogP contribution >= 0.6 is 0 Å². The van der Waals surface area contributed by atoms with E-state index in [9.17, 15) is 4.79 Å². The predicted molar refractivity (Wildman–Crippen MR) is 118 cm³/mol. The van der Waals surface area contributed by atoms with Crippen molar-refractivity contribution in [2.24, 2.45) is 11.6 Å². The van der Waals surface area contributed by atoms with Crippen LogP contribution in [0.4, 0.5) is 0 Å². The van der Waals surface area contributed by atoms with Gasteiger partial charge in [0.1, 0.15) is 0 Å². The lowest BCUT2D eigenvalue weighted by Gasteiger charge is -2.14. The van der Waals surface area contributed by atoms with Crippen LogP contribution in [0, 0.1) is 12.3 Å². The monoisotopic (exact) mass is 405 g/mol. The number of amides is 1. The van der Waals surface area contributed by atoms with Crippen molar-refractivity contribution in [2.75, 3.05) is 13.1 Å². The lowest BCUT2D eigenvalue weighted by Crippen LogP contribution is -2.28. The molecule has 1 aliphatic heterocycles. The molecule has 1 atom stereocenters. The van der Waals surface area contributed by atoms with Crippen molar-refractivity contribution in [3.8, 4) is 12.3 Å². The van der Waals surface area contributed by atoms with E-state index in [1.54, 1.807) is 17.3 Å². The van der Waals surface area contributed by atoms with Gasteiger partial charge in [-0.25, -0.2) is 0 Å². The fraction of sp³-hybridized carbons (Fsp3) is 0.217. The molecule has 1 aromatic carbocycles. The van der Waals surface area contributed by atoms with Crippen LogP contribution in [0.25, 0.3) is 5.70 Å². The molecule has 7 nitrogen and oxygen atoms in total. The molecule has 0 saturated carbocycles. The molecule has 1 saturated heterocycles. The Kier molecular flexibility index (Phi) is 9.13. The fourth-order valence-corrected chi connectivity index (χ4v) is 2.81.